The molecule has 3 N–H and O–H groups in total. The topological polar surface area (TPSA) is 62.8 Å². The van der Waals surface area contributed by atoms with Crippen molar-refractivity contribution in [1.29, 1.82) is 0 Å². The molecule has 0 aromatic heterocycles. The van der Waals surface area contributed by atoms with Gasteiger partial charge in [0.05, 0.1) is 6.73 Å². The average molecular weight is 437 g/mol. The molecule has 1 aromatic carbocycles. The minimum Gasteiger partial charge on any atom is -0.508 e. The zero-order valence-corrected chi connectivity index (χ0v) is 20.0. The lowest BCUT2D eigenvalue weighted by Crippen LogP contribution is -2.19. The Bertz CT molecular complexity index is 482. The third-order valence-electron chi connectivity index (χ3n) is 5.48. The highest BCUT2D eigenvalue weighted by Crippen LogP contribution is 2.13. The maximum absolute atomic E-state index is 9.24. The maximum Gasteiger partial charge on any atom is 0.116 e. The molecule has 0 amide bonds. The van der Waals surface area contributed by atoms with E-state index in [1.807, 2.05) is 12.1 Å². The Kier molecular flexibility index (Phi) is 19.6. The van der Waals surface area contributed by atoms with Crippen LogP contribution in [0.1, 0.15) is 96.8 Å². The van der Waals surface area contributed by atoms with Crippen molar-refractivity contribution in [3.63, 3.8) is 0 Å². The van der Waals surface area contributed by atoms with E-state index in [-0.39, 0.29) is 5.75 Å². The monoisotopic (exact) mass is 436 g/mol. The van der Waals surface area contributed by atoms with Crippen LogP contribution in [0.15, 0.2) is 24.3 Å². The standard InChI is InChI=1S/C26H48N2O3/c1-2-3-4-5-6-7-8-9-10-11-14-21-30-23-27-20-13-12-15-22-31-24-28-25-16-18-26(29)19-17-25/h16-19,27-29H,2-15,20-24H2,1H3. The number of benzene rings is 1. The Morgan fingerprint density at radius 3 is 1.77 bits per heavy atom. The summed E-state index contributed by atoms with van der Waals surface area (Å²) in [5, 5.41) is 15.8. The molecular formula is C26H48N2O3. The molecule has 5 nitrogen and oxygen atoms in total. The minimum absolute atomic E-state index is 0.277. The van der Waals surface area contributed by atoms with E-state index in [2.05, 4.69) is 17.6 Å². The summed E-state index contributed by atoms with van der Waals surface area (Å²) in [5.74, 6) is 0.277. The summed E-state index contributed by atoms with van der Waals surface area (Å²) in [6.45, 7) is 6.09. The summed E-state index contributed by atoms with van der Waals surface area (Å²) in [6, 6.07) is 7.00. The van der Waals surface area contributed by atoms with E-state index in [1.54, 1.807) is 12.1 Å². The van der Waals surface area contributed by atoms with Crippen LogP contribution < -0.4 is 10.6 Å². The summed E-state index contributed by atoms with van der Waals surface area (Å²) in [6.07, 6.45) is 18.5. The molecule has 0 aliphatic carbocycles. The van der Waals surface area contributed by atoms with Gasteiger partial charge in [-0.15, -0.1) is 0 Å². The Morgan fingerprint density at radius 2 is 1.16 bits per heavy atom. The molecule has 0 aliphatic heterocycles. The second-order valence-corrected chi connectivity index (χ2v) is 8.43. The van der Waals surface area contributed by atoms with Crippen molar-refractivity contribution in [2.45, 2.75) is 96.8 Å². The van der Waals surface area contributed by atoms with E-state index in [0.717, 1.165) is 44.7 Å². The first-order chi connectivity index (χ1) is 15.3. The predicted octanol–water partition coefficient (Wildman–Crippen LogP) is 6.82. The molecule has 0 aliphatic rings. The van der Waals surface area contributed by atoms with Crippen LogP contribution in [0.25, 0.3) is 0 Å². The Hall–Kier alpha value is -1.30. The van der Waals surface area contributed by atoms with Crippen LogP contribution in [-0.4, -0.2) is 38.3 Å². The van der Waals surface area contributed by atoms with Gasteiger partial charge in [0.15, 0.2) is 0 Å². The van der Waals surface area contributed by atoms with Crippen LogP contribution in [0, 0.1) is 0 Å². The highest BCUT2D eigenvalue weighted by Gasteiger charge is 1.95. The number of ether oxygens (including phenoxy) is 2. The van der Waals surface area contributed by atoms with Crippen molar-refractivity contribution in [1.82, 2.24) is 5.32 Å². The second-order valence-electron chi connectivity index (χ2n) is 8.43. The van der Waals surface area contributed by atoms with Crippen molar-refractivity contribution in [2.75, 3.05) is 38.5 Å². The molecule has 0 atom stereocenters. The molecule has 0 fully saturated rings. The fraction of sp³-hybridized carbons (Fsp3) is 0.769. The van der Waals surface area contributed by atoms with Gasteiger partial charge in [0, 0.05) is 18.9 Å². The molecule has 31 heavy (non-hydrogen) atoms. The number of hydrogen-bond donors (Lipinski definition) is 3. The zero-order valence-electron chi connectivity index (χ0n) is 20.0. The number of anilines is 1. The lowest BCUT2D eigenvalue weighted by Gasteiger charge is -2.08. The molecule has 5 heteroatoms. The summed E-state index contributed by atoms with van der Waals surface area (Å²) in [4.78, 5) is 0. The van der Waals surface area contributed by atoms with Gasteiger partial charge in [-0.25, -0.2) is 0 Å². The van der Waals surface area contributed by atoms with Gasteiger partial charge >= 0.3 is 0 Å². The molecule has 0 radical (unpaired) electrons. The number of rotatable bonds is 23. The quantitative estimate of drug-likeness (QED) is 0.0997. The van der Waals surface area contributed by atoms with E-state index in [9.17, 15) is 5.11 Å². The summed E-state index contributed by atoms with van der Waals surface area (Å²) < 4.78 is 11.2. The number of nitrogens with one attached hydrogen (secondary N) is 2. The lowest BCUT2D eigenvalue weighted by molar-refractivity contribution is 0.112. The summed E-state index contributed by atoms with van der Waals surface area (Å²) >= 11 is 0. The third kappa shape index (κ3) is 19.1. The largest absolute Gasteiger partial charge is 0.508 e. The number of unbranched alkanes of at least 4 members (excludes halogenated alkanes) is 12. The van der Waals surface area contributed by atoms with E-state index in [1.165, 1.54) is 70.6 Å². The molecule has 0 heterocycles. The molecule has 0 spiro atoms. The summed E-state index contributed by atoms with van der Waals surface area (Å²) in [5.41, 5.74) is 0.954. The molecule has 0 unspecified atom stereocenters. The van der Waals surface area contributed by atoms with Crippen LogP contribution in [0.3, 0.4) is 0 Å². The Morgan fingerprint density at radius 1 is 0.645 bits per heavy atom. The Labute approximate surface area is 191 Å². The minimum atomic E-state index is 0.277. The predicted molar refractivity (Wildman–Crippen MR) is 132 cm³/mol. The van der Waals surface area contributed by atoms with Crippen molar-refractivity contribution in [3.8, 4) is 5.75 Å². The van der Waals surface area contributed by atoms with Crippen LogP contribution in [0.5, 0.6) is 5.75 Å². The molecule has 1 rings (SSSR count). The normalized spacial score (nSPS) is 11.1. The maximum atomic E-state index is 9.24. The number of hydrogen-bond acceptors (Lipinski definition) is 5. The Balaban J connectivity index is 1.68. The summed E-state index contributed by atoms with van der Waals surface area (Å²) in [7, 11) is 0. The van der Waals surface area contributed by atoms with E-state index < -0.39 is 0 Å². The average Bonchev–Trinajstić information content (AvgIpc) is 2.78. The number of aromatic hydroxyl groups is 1. The van der Waals surface area contributed by atoms with E-state index >= 15 is 0 Å². The third-order valence-corrected chi connectivity index (χ3v) is 5.48. The van der Waals surface area contributed by atoms with Gasteiger partial charge in [-0.3, -0.25) is 5.32 Å². The molecule has 0 bridgehead atoms. The van der Waals surface area contributed by atoms with Crippen LogP contribution in [0.2, 0.25) is 0 Å². The lowest BCUT2D eigenvalue weighted by atomic mass is 10.1. The first kappa shape index (κ1) is 27.7. The van der Waals surface area contributed by atoms with Crippen molar-refractivity contribution >= 4 is 5.69 Å². The van der Waals surface area contributed by atoms with Gasteiger partial charge in [-0.05, 0) is 56.5 Å². The van der Waals surface area contributed by atoms with Gasteiger partial charge in [0.2, 0.25) is 0 Å². The SMILES string of the molecule is CCCCCCCCCCCCCOCNCCCCCOCNc1ccc(O)cc1. The molecular weight excluding hydrogens is 388 g/mol. The van der Waals surface area contributed by atoms with Crippen molar-refractivity contribution in [3.05, 3.63) is 24.3 Å². The first-order valence-electron chi connectivity index (χ1n) is 12.7. The second kappa shape index (κ2) is 21.9. The number of phenolic OH excluding ortho intramolecular Hbond substituents is 1. The first-order valence-corrected chi connectivity index (χ1v) is 12.7. The van der Waals surface area contributed by atoms with Crippen LogP contribution in [-0.2, 0) is 9.47 Å². The molecule has 0 saturated heterocycles. The molecule has 1 aromatic rings. The van der Waals surface area contributed by atoms with Crippen LogP contribution >= 0.6 is 0 Å². The highest BCUT2D eigenvalue weighted by molar-refractivity contribution is 5.45. The van der Waals surface area contributed by atoms with Crippen molar-refractivity contribution < 1.29 is 14.6 Å². The fourth-order valence-corrected chi connectivity index (χ4v) is 3.50. The zero-order chi connectivity index (χ0) is 22.2. The smallest absolute Gasteiger partial charge is 0.116 e. The van der Waals surface area contributed by atoms with Crippen LogP contribution in [0.4, 0.5) is 5.69 Å². The van der Waals surface area contributed by atoms with E-state index in [4.69, 9.17) is 9.47 Å². The van der Waals surface area contributed by atoms with Gasteiger partial charge in [0.25, 0.3) is 0 Å². The molecule has 0 saturated carbocycles. The van der Waals surface area contributed by atoms with E-state index in [0.29, 0.717) is 13.5 Å². The van der Waals surface area contributed by atoms with Crippen molar-refractivity contribution in [2.24, 2.45) is 0 Å². The van der Waals surface area contributed by atoms with Gasteiger partial charge < -0.3 is 19.9 Å². The van der Waals surface area contributed by atoms with Gasteiger partial charge in [-0.1, -0.05) is 71.1 Å². The highest BCUT2D eigenvalue weighted by atomic mass is 16.5. The van der Waals surface area contributed by atoms with Gasteiger partial charge in [-0.2, -0.15) is 0 Å². The molecule has 180 valence electrons. The fourth-order valence-electron chi connectivity index (χ4n) is 3.50. The number of phenols is 1. The van der Waals surface area contributed by atoms with Gasteiger partial charge in [0.1, 0.15) is 12.5 Å².